The van der Waals surface area contributed by atoms with E-state index >= 15 is 0 Å². The lowest BCUT2D eigenvalue weighted by atomic mass is 10.2. The lowest BCUT2D eigenvalue weighted by Gasteiger charge is -2.13. The van der Waals surface area contributed by atoms with E-state index in [2.05, 4.69) is 15.3 Å². The molecule has 0 saturated heterocycles. The first-order valence-electron chi connectivity index (χ1n) is 8.23. The van der Waals surface area contributed by atoms with Gasteiger partial charge in [0.15, 0.2) is 22.7 Å². The zero-order valence-corrected chi connectivity index (χ0v) is 15.4. The summed E-state index contributed by atoms with van der Waals surface area (Å²) in [5.41, 5.74) is 0.425. The average Bonchev–Trinajstić information content (AvgIpc) is 3.12. The first kappa shape index (κ1) is 18.4. The summed E-state index contributed by atoms with van der Waals surface area (Å²) >= 11 is 0. The number of rotatable bonds is 6. The molecule has 0 fully saturated rings. The van der Waals surface area contributed by atoms with Crippen LogP contribution in [0.15, 0.2) is 29.3 Å². The largest absolute Gasteiger partial charge is 0.493 e. The smallest absolute Gasteiger partial charge is 0.328 e. The predicted molar refractivity (Wildman–Crippen MR) is 95.4 cm³/mol. The van der Waals surface area contributed by atoms with Crippen LogP contribution in [0.25, 0.3) is 16.9 Å². The Morgan fingerprint density at radius 2 is 1.96 bits per heavy atom. The number of carbonyl (C=O) groups is 1. The molecule has 3 aromatic rings. The topological polar surface area (TPSA) is 110 Å². The van der Waals surface area contributed by atoms with Crippen LogP contribution in [-0.2, 0) is 9.53 Å². The second-order valence-corrected chi connectivity index (χ2v) is 5.60. The zero-order chi connectivity index (χ0) is 19.6. The van der Waals surface area contributed by atoms with Gasteiger partial charge in [-0.05, 0) is 26.0 Å². The predicted octanol–water partition coefficient (Wildman–Crippen LogP) is 1.12. The van der Waals surface area contributed by atoms with E-state index < -0.39 is 17.6 Å². The highest BCUT2D eigenvalue weighted by Crippen LogP contribution is 2.29. The fraction of sp³-hybridized carbons (Fsp3) is 0.353. The Morgan fingerprint density at radius 3 is 2.63 bits per heavy atom. The molecule has 0 radical (unpaired) electrons. The van der Waals surface area contributed by atoms with Crippen molar-refractivity contribution in [1.82, 2.24) is 24.5 Å². The standard InChI is InChI=1S/C17H19N5O5/c1-5-27-17(24)10(2)21-9-18-15-14(16(21)23)19-20-22(15)11-6-7-12(25-3)13(8-11)26-4/h6-10H,5H2,1-4H3/t10-/m1/s1. The van der Waals surface area contributed by atoms with Crippen LogP contribution in [0.4, 0.5) is 0 Å². The van der Waals surface area contributed by atoms with Crippen molar-refractivity contribution in [2.45, 2.75) is 19.9 Å². The van der Waals surface area contributed by atoms with Gasteiger partial charge in [0.1, 0.15) is 12.4 Å². The Balaban J connectivity index is 2.07. The van der Waals surface area contributed by atoms with Crippen molar-refractivity contribution in [1.29, 1.82) is 0 Å². The molecule has 1 aromatic carbocycles. The molecule has 0 bridgehead atoms. The van der Waals surface area contributed by atoms with Crippen molar-refractivity contribution >= 4 is 17.1 Å². The Labute approximate surface area is 154 Å². The van der Waals surface area contributed by atoms with E-state index in [0.29, 0.717) is 17.2 Å². The lowest BCUT2D eigenvalue weighted by molar-refractivity contribution is -0.146. The molecule has 0 amide bonds. The van der Waals surface area contributed by atoms with Gasteiger partial charge in [0, 0.05) is 6.07 Å². The van der Waals surface area contributed by atoms with Crippen LogP contribution in [0, 0.1) is 0 Å². The fourth-order valence-electron chi connectivity index (χ4n) is 2.61. The van der Waals surface area contributed by atoms with Gasteiger partial charge >= 0.3 is 5.97 Å². The van der Waals surface area contributed by atoms with Crippen LogP contribution in [-0.4, -0.2) is 51.3 Å². The number of ether oxygens (including phenoxy) is 3. The Hall–Kier alpha value is -3.43. The molecule has 3 rings (SSSR count). The molecule has 142 valence electrons. The van der Waals surface area contributed by atoms with Crippen molar-refractivity contribution in [3.8, 4) is 17.2 Å². The minimum absolute atomic E-state index is 0.0448. The van der Waals surface area contributed by atoms with Gasteiger partial charge < -0.3 is 14.2 Å². The molecule has 2 aromatic heterocycles. The van der Waals surface area contributed by atoms with Gasteiger partial charge in [-0.1, -0.05) is 5.21 Å². The van der Waals surface area contributed by atoms with Crippen LogP contribution < -0.4 is 15.0 Å². The fourth-order valence-corrected chi connectivity index (χ4v) is 2.61. The van der Waals surface area contributed by atoms with Crippen LogP contribution in [0.3, 0.4) is 0 Å². The van der Waals surface area contributed by atoms with Crippen molar-refractivity contribution in [2.24, 2.45) is 0 Å². The van der Waals surface area contributed by atoms with Crippen LogP contribution in [0.1, 0.15) is 19.9 Å². The molecule has 0 saturated carbocycles. The quantitative estimate of drug-likeness (QED) is 0.591. The van der Waals surface area contributed by atoms with Crippen LogP contribution >= 0.6 is 0 Å². The van der Waals surface area contributed by atoms with Gasteiger partial charge in [-0.2, -0.15) is 4.68 Å². The Kier molecular flexibility index (Phi) is 5.06. The molecule has 0 aliphatic carbocycles. The summed E-state index contributed by atoms with van der Waals surface area (Å²) in [6.45, 7) is 3.48. The van der Waals surface area contributed by atoms with Gasteiger partial charge in [0.25, 0.3) is 5.56 Å². The molecule has 0 unspecified atom stereocenters. The molecule has 0 aliphatic rings. The number of aromatic nitrogens is 5. The highest BCUT2D eigenvalue weighted by molar-refractivity contribution is 5.75. The van der Waals surface area contributed by atoms with Crippen LogP contribution in [0.5, 0.6) is 11.5 Å². The van der Waals surface area contributed by atoms with Crippen molar-refractivity contribution < 1.29 is 19.0 Å². The third-order valence-corrected chi connectivity index (χ3v) is 4.04. The normalized spacial score (nSPS) is 12.0. The van der Waals surface area contributed by atoms with Gasteiger partial charge in [-0.3, -0.25) is 9.36 Å². The third-order valence-electron chi connectivity index (χ3n) is 4.04. The molecule has 0 spiro atoms. The lowest BCUT2D eigenvalue weighted by Crippen LogP contribution is -2.29. The summed E-state index contributed by atoms with van der Waals surface area (Å²) in [5.74, 6) is 0.542. The SMILES string of the molecule is CCOC(=O)[C@@H](C)n1cnc2c(nnn2-c2ccc(OC)c(OC)c2)c1=O. The van der Waals surface area contributed by atoms with Crippen molar-refractivity contribution in [3.63, 3.8) is 0 Å². The van der Waals surface area contributed by atoms with Gasteiger partial charge in [-0.15, -0.1) is 5.10 Å². The van der Waals surface area contributed by atoms with Gasteiger partial charge in [-0.25, -0.2) is 9.78 Å². The van der Waals surface area contributed by atoms with Gasteiger partial charge in [0.2, 0.25) is 0 Å². The maximum absolute atomic E-state index is 12.7. The molecule has 10 heteroatoms. The van der Waals surface area contributed by atoms with E-state index in [9.17, 15) is 9.59 Å². The number of nitrogens with zero attached hydrogens (tertiary/aromatic N) is 5. The maximum atomic E-state index is 12.7. The first-order valence-corrected chi connectivity index (χ1v) is 8.23. The number of hydrogen-bond acceptors (Lipinski definition) is 8. The summed E-state index contributed by atoms with van der Waals surface area (Å²) < 4.78 is 18.0. The van der Waals surface area contributed by atoms with Crippen molar-refractivity contribution in [2.75, 3.05) is 20.8 Å². The maximum Gasteiger partial charge on any atom is 0.328 e. The molecule has 0 N–H and O–H groups in total. The summed E-state index contributed by atoms with van der Waals surface area (Å²) in [6, 6.07) is 4.33. The summed E-state index contributed by atoms with van der Waals surface area (Å²) in [4.78, 5) is 28.9. The highest BCUT2D eigenvalue weighted by Gasteiger charge is 2.21. The second-order valence-electron chi connectivity index (χ2n) is 5.60. The Bertz CT molecular complexity index is 1040. The number of hydrogen-bond donors (Lipinski definition) is 0. The van der Waals surface area contributed by atoms with E-state index in [1.54, 1.807) is 32.0 Å². The molecule has 1 atom stereocenters. The number of esters is 1. The summed E-state index contributed by atoms with van der Waals surface area (Å²) in [5, 5.41) is 7.95. The molecule has 2 heterocycles. The van der Waals surface area contributed by atoms with E-state index in [-0.39, 0.29) is 17.8 Å². The van der Waals surface area contributed by atoms with E-state index in [1.165, 1.54) is 29.8 Å². The van der Waals surface area contributed by atoms with E-state index in [1.807, 2.05) is 0 Å². The van der Waals surface area contributed by atoms with E-state index in [4.69, 9.17) is 14.2 Å². The second kappa shape index (κ2) is 7.44. The zero-order valence-electron chi connectivity index (χ0n) is 15.4. The minimum atomic E-state index is -0.819. The van der Waals surface area contributed by atoms with Gasteiger partial charge in [0.05, 0.1) is 26.5 Å². The first-order chi connectivity index (χ1) is 13.0. The molecule has 10 nitrogen and oxygen atoms in total. The average molecular weight is 373 g/mol. The number of fused-ring (bicyclic) bond motifs is 1. The third kappa shape index (κ3) is 3.21. The molecule has 27 heavy (non-hydrogen) atoms. The highest BCUT2D eigenvalue weighted by atomic mass is 16.5. The number of carbonyl (C=O) groups excluding carboxylic acids is 1. The molecular formula is C17H19N5O5. The Morgan fingerprint density at radius 1 is 1.22 bits per heavy atom. The number of methoxy groups -OCH3 is 2. The molecule has 0 aliphatic heterocycles. The van der Waals surface area contributed by atoms with Crippen molar-refractivity contribution in [3.05, 3.63) is 34.9 Å². The summed E-state index contributed by atoms with van der Waals surface area (Å²) in [6.07, 6.45) is 1.28. The molecular weight excluding hydrogens is 354 g/mol. The minimum Gasteiger partial charge on any atom is -0.493 e. The van der Waals surface area contributed by atoms with Crippen LogP contribution in [0.2, 0.25) is 0 Å². The monoisotopic (exact) mass is 373 g/mol. The summed E-state index contributed by atoms with van der Waals surface area (Å²) in [7, 11) is 3.06. The number of benzene rings is 1. The van der Waals surface area contributed by atoms with E-state index in [0.717, 1.165) is 0 Å².